The van der Waals surface area contributed by atoms with Gasteiger partial charge in [-0.1, -0.05) is 19.1 Å². The highest BCUT2D eigenvalue weighted by Crippen LogP contribution is 2.21. The van der Waals surface area contributed by atoms with Gasteiger partial charge in [0, 0.05) is 26.4 Å². The zero-order chi connectivity index (χ0) is 16.4. The third kappa shape index (κ3) is 7.11. The predicted octanol–water partition coefficient (Wildman–Crippen LogP) is 2.22. The first kappa shape index (κ1) is 18.0. The maximum absolute atomic E-state index is 11.9. The summed E-state index contributed by atoms with van der Waals surface area (Å²) in [6.45, 7) is 4.85. The summed E-state index contributed by atoms with van der Waals surface area (Å²) in [6.07, 6.45) is 2.20. The molecular weight excluding hydrogens is 280 g/mol. The Kier molecular flexibility index (Phi) is 8.04. The van der Waals surface area contributed by atoms with Crippen molar-refractivity contribution in [1.29, 1.82) is 0 Å². The number of amides is 2. The van der Waals surface area contributed by atoms with Crippen LogP contribution in [0.3, 0.4) is 0 Å². The van der Waals surface area contributed by atoms with Crippen LogP contribution in [0.15, 0.2) is 24.3 Å². The lowest BCUT2D eigenvalue weighted by atomic mass is 9.97. The Balaban J connectivity index is 2.21. The number of carbonyl (C=O) groups is 2. The second-order valence-corrected chi connectivity index (χ2v) is 5.42. The summed E-state index contributed by atoms with van der Waals surface area (Å²) < 4.78 is 5.12. The van der Waals surface area contributed by atoms with Crippen molar-refractivity contribution in [1.82, 2.24) is 10.6 Å². The van der Waals surface area contributed by atoms with Crippen LogP contribution in [0.1, 0.15) is 44.6 Å². The standard InChI is InChI=1S/C17H26N2O3/c1-13(15-6-8-16(22-3)9-7-15)12-17(21)19-11-5-4-10-18-14(2)20/h6-9,13H,4-5,10-12H2,1-3H3,(H,18,20)(H,19,21). The molecule has 22 heavy (non-hydrogen) atoms. The molecule has 0 heterocycles. The van der Waals surface area contributed by atoms with E-state index in [4.69, 9.17) is 4.74 Å². The molecule has 5 heteroatoms. The highest BCUT2D eigenvalue weighted by molar-refractivity contribution is 5.76. The van der Waals surface area contributed by atoms with E-state index in [1.54, 1.807) is 7.11 Å². The van der Waals surface area contributed by atoms with E-state index in [1.165, 1.54) is 6.92 Å². The van der Waals surface area contributed by atoms with Crippen LogP contribution in [-0.4, -0.2) is 32.0 Å². The van der Waals surface area contributed by atoms with E-state index < -0.39 is 0 Å². The SMILES string of the molecule is COc1ccc(C(C)CC(=O)NCCCCNC(C)=O)cc1. The molecule has 0 saturated carbocycles. The Hall–Kier alpha value is -2.04. The maximum atomic E-state index is 11.9. The summed E-state index contributed by atoms with van der Waals surface area (Å²) in [6, 6.07) is 7.80. The number of methoxy groups -OCH3 is 1. The minimum Gasteiger partial charge on any atom is -0.497 e. The Morgan fingerprint density at radius 3 is 2.23 bits per heavy atom. The highest BCUT2D eigenvalue weighted by Gasteiger charge is 2.11. The van der Waals surface area contributed by atoms with Gasteiger partial charge in [-0.05, 0) is 36.5 Å². The number of nitrogens with one attached hydrogen (secondary N) is 2. The minimum absolute atomic E-state index is 0.0163. The summed E-state index contributed by atoms with van der Waals surface area (Å²) >= 11 is 0. The van der Waals surface area contributed by atoms with Crippen LogP contribution >= 0.6 is 0 Å². The van der Waals surface area contributed by atoms with Crippen LogP contribution in [0.4, 0.5) is 0 Å². The van der Waals surface area contributed by atoms with Crippen LogP contribution in [0.5, 0.6) is 5.75 Å². The van der Waals surface area contributed by atoms with Gasteiger partial charge in [-0.15, -0.1) is 0 Å². The molecule has 0 spiro atoms. The van der Waals surface area contributed by atoms with E-state index in [1.807, 2.05) is 31.2 Å². The van der Waals surface area contributed by atoms with E-state index in [-0.39, 0.29) is 17.7 Å². The molecule has 2 amide bonds. The van der Waals surface area contributed by atoms with Crippen molar-refractivity contribution in [2.75, 3.05) is 20.2 Å². The van der Waals surface area contributed by atoms with E-state index >= 15 is 0 Å². The van der Waals surface area contributed by atoms with Gasteiger partial charge >= 0.3 is 0 Å². The molecule has 1 rings (SSSR count). The Bertz CT molecular complexity index is 471. The van der Waals surface area contributed by atoms with Crippen molar-refractivity contribution < 1.29 is 14.3 Å². The molecule has 1 unspecified atom stereocenters. The molecule has 1 atom stereocenters. The van der Waals surface area contributed by atoms with Crippen LogP contribution < -0.4 is 15.4 Å². The van der Waals surface area contributed by atoms with Gasteiger partial charge < -0.3 is 15.4 Å². The summed E-state index contributed by atoms with van der Waals surface area (Å²) in [4.78, 5) is 22.6. The molecule has 0 aliphatic carbocycles. The first-order chi connectivity index (χ1) is 10.5. The fourth-order valence-corrected chi connectivity index (χ4v) is 2.14. The first-order valence-electron chi connectivity index (χ1n) is 7.68. The first-order valence-corrected chi connectivity index (χ1v) is 7.68. The third-order valence-corrected chi connectivity index (χ3v) is 3.48. The fourth-order valence-electron chi connectivity index (χ4n) is 2.14. The van der Waals surface area contributed by atoms with E-state index in [0.717, 1.165) is 24.2 Å². The summed E-state index contributed by atoms with van der Waals surface area (Å²) in [7, 11) is 1.64. The molecule has 0 fully saturated rings. The lowest BCUT2D eigenvalue weighted by Crippen LogP contribution is -2.27. The molecular formula is C17H26N2O3. The molecule has 5 nitrogen and oxygen atoms in total. The normalized spacial score (nSPS) is 11.6. The quantitative estimate of drug-likeness (QED) is 0.687. The maximum Gasteiger partial charge on any atom is 0.220 e. The van der Waals surface area contributed by atoms with Gasteiger partial charge in [0.05, 0.1) is 7.11 Å². The molecule has 1 aromatic rings. The molecule has 0 aliphatic rings. The number of hydrogen-bond acceptors (Lipinski definition) is 3. The number of carbonyl (C=O) groups excluding carboxylic acids is 2. The van der Waals surface area contributed by atoms with Crippen LogP contribution in [0, 0.1) is 0 Å². The average molecular weight is 306 g/mol. The van der Waals surface area contributed by atoms with Gasteiger partial charge in [-0.3, -0.25) is 9.59 Å². The van der Waals surface area contributed by atoms with E-state index in [0.29, 0.717) is 19.5 Å². The monoisotopic (exact) mass is 306 g/mol. The van der Waals surface area contributed by atoms with Gasteiger partial charge in [0.15, 0.2) is 0 Å². The van der Waals surface area contributed by atoms with Gasteiger partial charge in [0.25, 0.3) is 0 Å². The molecule has 0 aromatic heterocycles. The van der Waals surface area contributed by atoms with Crippen molar-refractivity contribution in [3.05, 3.63) is 29.8 Å². The Morgan fingerprint density at radius 1 is 1.09 bits per heavy atom. The number of hydrogen-bond donors (Lipinski definition) is 2. The molecule has 0 saturated heterocycles. The van der Waals surface area contributed by atoms with Crippen LogP contribution in [-0.2, 0) is 9.59 Å². The topological polar surface area (TPSA) is 67.4 Å². The van der Waals surface area contributed by atoms with Crippen molar-refractivity contribution in [2.45, 2.75) is 39.0 Å². The number of benzene rings is 1. The van der Waals surface area contributed by atoms with Crippen molar-refractivity contribution in [3.63, 3.8) is 0 Å². The van der Waals surface area contributed by atoms with Crippen LogP contribution in [0.25, 0.3) is 0 Å². The Morgan fingerprint density at radius 2 is 1.68 bits per heavy atom. The van der Waals surface area contributed by atoms with Gasteiger partial charge in [0.2, 0.25) is 11.8 Å². The Labute approximate surface area is 132 Å². The largest absolute Gasteiger partial charge is 0.497 e. The zero-order valence-corrected chi connectivity index (χ0v) is 13.6. The smallest absolute Gasteiger partial charge is 0.220 e. The van der Waals surface area contributed by atoms with E-state index in [9.17, 15) is 9.59 Å². The van der Waals surface area contributed by atoms with Gasteiger partial charge in [-0.2, -0.15) is 0 Å². The fraction of sp³-hybridized carbons (Fsp3) is 0.529. The molecule has 122 valence electrons. The minimum atomic E-state index is -0.0163. The number of unbranched alkanes of at least 4 members (excludes halogenated alkanes) is 1. The summed E-state index contributed by atoms with van der Waals surface area (Å²) in [5.41, 5.74) is 1.13. The number of ether oxygens (including phenoxy) is 1. The third-order valence-electron chi connectivity index (χ3n) is 3.48. The molecule has 2 N–H and O–H groups in total. The highest BCUT2D eigenvalue weighted by atomic mass is 16.5. The van der Waals surface area contributed by atoms with Crippen LogP contribution in [0.2, 0.25) is 0 Å². The number of rotatable bonds is 9. The lowest BCUT2D eigenvalue weighted by Gasteiger charge is -2.12. The molecule has 0 radical (unpaired) electrons. The predicted molar refractivity (Wildman–Crippen MR) is 87.0 cm³/mol. The van der Waals surface area contributed by atoms with Crippen molar-refractivity contribution in [3.8, 4) is 5.75 Å². The van der Waals surface area contributed by atoms with Crippen molar-refractivity contribution >= 4 is 11.8 Å². The van der Waals surface area contributed by atoms with E-state index in [2.05, 4.69) is 10.6 Å². The lowest BCUT2D eigenvalue weighted by molar-refractivity contribution is -0.121. The molecule has 1 aromatic carbocycles. The van der Waals surface area contributed by atoms with Gasteiger partial charge in [0.1, 0.15) is 5.75 Å². The average Bonchev–Trinajstić information content (AvgIpc) is 2.50. The summed E-state index contributed by atoms with van der Waals surface area (Å²) in [5.74, 6) is 1.03. The second-order valence-electron chi connectivity index (χ2n) is 5.42. The van der Waals surface area contributed by atoms with Crippen molar-refractivity contribution in [2.24, 2.45) is 0 Å². The molecule has 0 bridgehead atoms. The van der Waals surface area contributed by atoms with Gasteiger partial charge in [-0.25, -0.2) is 0 Å². The zero-order valence-electron chi connectivity index (χ0n) is 13.6. The molecule has 0 aliphatic heterocycles. The second kappa shape index (κ2) is 9.82. The summed E-state index contributed by atoms with van der Waals surface area (Å²) in [5, 5.41) is 5.65.